The van der Waals surface area contributed by atoms with Crippen molar-refractivity contribution in [2.45, 2.75) is 6.42 Å². The van der Waals surface area contributed by atoms with Crippen LogP contribution in [-0.2, 0) is 4.79 Å². The molecule has 0 unspecified atom stereocenters. The van der Waals surface area contributed by atoms with Gasteiger partial charge in [-0.25, -0.2) is 0 Å². The Bertz CT molecular complexity index is 80.1. The highest BCUT2D eigenvalue weighted by atomic mass is 16.3. The predicted molar refractivity (Wildman–Crippen MR) is 24.7 cm³/mol. The van der Waals surface area contributed by atoms with Gasteiger partial charge in [0.2, 0.25) is 0 Å². The number of aldehydes is 1. The van der Waals surface area contributed by atoms with E-state index in [9.17, 15) is 4.79 Å². The molecule has 2 nitrogen and oxygen atoms in total. The highest BCUT2D eigenvalue weighted by Gasteiger charge is 2.35. The summed E-state index contributed by atoms with van der Waals surface area (Å²) in [6.45, 7) is 0.184. The van der Waals surface area contributed by atoms with Crippen LogP contribution < -0.4 is 0 Å². The summed E-state index contributed by atoms with van der Waals surface area (Å²) < 4.78 is 0. The second-order valence-corrected chi connectivity index (χ2v) is 1.98. The van der Waals surface area contributed by atoms with Gasteiger partial charge < -0.3 is 9.90 Å². The van der Waals surface area contributed by atoms with Crippen molar-refractivity contribution in [1.29, 1.82) is 0 Å². The quantitative estimate of drug-likeness (QED) is 0.488. The first-order chi connectivity index (χ1) is 3.38. The molecule has 0 saturated heterocycles. The lowest BCUT2D eigenvalue weighted by molar-refractivity contribution is -0.109. The van der Waals surface area contributed by atoms with Crippen LogP contribution in [0, 0.1) is 11.8 Å². The first-order valence-electron chi connectivity index (χ1n) is 2.44. The summed E-state index contributed by atoms with van der Waals surface area (Å²) in [6, 6.07) is 0. The molecule has 1 rings (SSSR count). The lowest BCUT2D eigenvalue weighted by Gasteiger charge is -1.78. The molecule has 0 aromatic carbocycles. The van der Waals surface area contributed by atoms with Gasteiger partial charge in [0.1, 0.15) is 6.29 Å². The molecule has 0 aromatic heterocycles. The summed E-state index contributed by atoms with van der Waals surface area (Å²) in [5, 5.41) is 8.35. The summed E-state index contributed by atoms with van der Waals surface area (Å²) in [5.41, 5.74) is 0. The van der Waals surface area contributed by atoms with Gasteiger partial charge >= 0.3 is 0 Å². The van der Waals surface area contributed by atoms with Gasteiger partial charge in [0.05, 0.1) is 0 Å². The van der Waals surface area contributed by atoms with Crippen LogP contribution in [0.2, 0.25) is 0 Å². The molecule has 0 amide bonds. The van der Waals surface area contributed by atoms with E-state index in [-0.39, 0.29) is 12.5 Å². The Hall–Kier alpha value is -0.370. The van der Waals surface area contributed by atoms with Crippen LogP contribution in [0.15, 0.2) is 0 Å². The number of rotatable bonds is 2. The molecule has 0 bridgehead atoms. The molecule has 0 radical (unpaired) electrons. The minimum absolute atomic E-state index is 0.184. The molecule has 1 N–H and O–H groups in total. The van der Waals surface area contributed by atoms with Crippen molar-refractivity contribution < 1.29 is 9.90 Å². The van der Waals surface area contributed by atoms with Crippen molar-refractivity contribution in [1.82, 2.24) is 0 Å². The zero-order valence-electron chi connectivity index (χ0n) is 4.00. The SMILES string of the molecule is O=C[C@H]1C[C@H]1CO. The highest BCUT2D eigenvalue weighted by Crippen LogP contribution is 2.35. The van der Waals surface area contributed by atoms with Crippen molar-refractivity contribution in [2.24, 2.45) is 11.8 Å². The van der Waals surface area contributed by atoms with E-state index in [2.05, 4.69) is 0 Å². The number of carbonyl (C=O) groups is 1. The number of hydrogen-bond acceptors (Lipinski definition) is 2. The molecule has 40 valence electrons. The average Bonchev–Trinajstić information content (AvgIpc) is 2.43. The normalized spacial score (nSPS) is 37.9. The fourth-order valence-corrected chi connectivity index (χ4v) is 0.648. The van der Waals surface area contributed by atoms with Crippen molar-refractivity contribution in [3.63, 3.8) is 0 Å². The van der Waals surface area contributed by atoms with Crippen molar-refractivity contribution in [3.8, 4) is 0 Å². The third-order valence-corrected chi connectivity index (χ3v) is 1.39. The third kappa shape index (κ3) is 0.800. The van der Waals surface area contributed by atoms with E-state index < -0.39 is 0 Å². The Labute approximate surface area is 42.1 Å². The van der Waals surface area contributed by atoms with E-state index in [0.29, 0.717) is 5.92 Å². The molecule has 1 saturated carbocycles. The maximum Gasteiger partial charge on any atom is 0.123 e. The van der Waals surface area contributed by atoms with E-state index in [1.807, 2.05) is 0 Å². The topological polar surface area (TPSA) is 37.3 Å². The molecule has 1 aliphatic carbocycles. The number of aliphatic hydroxyl groups excluding tert-OH is 1. The molecular formula is C5H8O2. The van der Waals surface area contributed by atoms with Gasteiger partial charge in [0.25, 0.3) is 0 Å². The number of carbonyl (C=O) groups excluding carboxylic acids is 1. The van der Waals surface area contributed by atoms with Gasteiger partial charge in [-0.05, 0) is 12.3 Å². The van der Waals surface area contributed by atoms with Gasteiger partial charge in [0.15, 0.2) is 0 Å². The number of hydrogen-bond donors (Lipinski definition) is 1. The van der Waals surface area contributed by atoms with Crippen LogP contribution in [0.3, 0.4) is 0 Å². The first-order valence-corrected chi connectivity index (χ1v) is 2.44. The van der Waals surface area contributed by atoms with E-state index in [4.69, 9.17) is 5.11 Å². The maximum atomic E-state index is 9.83. The van der Waals surface area contributed by atoms with Crippen LogP contribution >= 0.6 is 0 Å². The van der Waals surface area contributed by atoms with Gasteiger partial charge in [-0.1, -0.05) is 0 Å². The summed E-state index contributed by atoms with van der Waals surface area (Å²) in [4.78, 5) is 9.83. The van der Waals surface area contributed by atoms with Crippen LogP contribution in [0.1, 0.15) is 6.42 Å². The molecule has 7 heavy (non-hydrogen) atoms. The Morgan fingerprint density at radius 1 is 1.86 bits per heavy atom. The molecule has 1 fully saturated rings. The Kier molecular flexibility index (Phi) is 1.11. The van der Waals surface area contributed by atoms with E-state index in [1.165, 1.54) is 0 Å². The first kappa shape index (κ1) is 4.78. The van der Waals surface area contributed by atoms with Crippen molar-refractivity contribution >= 4 is 6.29 Å². The fourth-order valence-electron chi connectivity index (χ4n) is 0.648. The third-order valence-electron chi connectivity index (χ3n) is 1.39. The zero-order chi connectivity index (χ0) is 5.28. The molecule has 1 aliphatic rings. The van der Waals surface area contributed by atoms with Crippen LogP contribution in [-0.4, -0.2) is 18.0 Å². The minimum atomic E-state index is 0.184. The molecule has 2 atom stereocenters. The van der Waals surface area contributed by atoms with Crippen LogP contribution in [0.4, 0.5) is 0 Å². The Balaban J connectivity index is 2.17. The van der Waals surface area contributed by atoms with Crippen molar-refractivity contribution in [3.05, 3.63) is 0 Å². The lowest BCUT2D eigenvalue weighted by atomic mass is 10.4. The molecule has 2 heteroatoms. The molecule has 0 aliphatic heterocycles. The summed E-state index contributed by atoms with van der Waals surface area (Å²) in [7, 11) is 0. The summed E-state index contributed by atoms with van der Waals surface area (Å²) in [5.74, 6) is 0.488. The van der Waals surface area contributed by atoms with Crippen LogP contribution in [0.5, 0.6) is 0 Å². The standard InChI is InChI=1S/C5H8O2/c6-2-4-1-5(4)3-7/h2,4-5,7H,1,3H2/t4-,5+/m1/s1. The zero-order valence-corrected chi connectivity index (χ0v) is 4.00. The fraction of sp³-hybridized carbons (Fsp3) is 0.800. The van der Waals surface area contributed by atoms with Gasteiger partial charge in [-0.2, -0.15) is 0 Å². The number of aliphatic hydroxyl groups is 1. The largest absolute Gasteiger partial charge is 0.396 e. The second-order valence-electron chi connectivity index (χ2n) is 1.98. The predicted octanol–water partition coefficient (Wildman–Crippen LogP) is -0.186. The summed E-state index contributed by atoms with van der Waals surface area (Å²) in [6.07, 6.45) is 1.82. The second kappa shape index (κ2) is 1.62. The monoisotopic (exact) mass is 100 g/mol. The lowest BCUT2D eigenvalue weighted by Crippen LogP contribution is -1.87. The molecule has 0 aromatic rings. The minimum Gasteiger partial charge on any atom is -0.396 e. The smallest absolute Gasteiger partial charge is 0.123 e. The summed E-state index contributed by atoms with van der Waals surface area (Å²) >= 11 is 0. The maximum absolute atomic E-state index is 9.83. The van der Waals surface area contributed by atoms with E-state index in [1.54, 1.807) is 0 Å². The molecule has 0 heterocycles. The van der Waals surface area contributed by atoms with E-state index >= 15 is 0 Å². The Morgan fingerprint density at radius 3 is 2.71 bits per heavy atom. The average molecular weight is 100 g/mol. The molecule has 0 spiro atoms. The van der Waals surface area contributed by atoms with Gasteiger partial charge in [0, 0.05) is 12.5 Å². The van der Waals surface area contributed by atoms with Gasteiger partial charge in [-0.3, -0.25) is 0 Å². The highest BCUT2D eigenvalue weighted by molar-refractivity contribution is 5.58. The van der Waals surface area contributed by atoms with E-state index in [0.717, 1.165) is 12.7 Å². The molecular weight excluding hydrogens is 92.1 g/mol. The van der Waals surface area contributed by atoms with Crippen molar-refractivity contribution in [2.75, 3.05) is 6.61 Å². The Morgan fingerprint density at radius 2 is 2.57 bits per heavy atom. The van der Waals surface area contributed by atoms with Gasteiger partial charge in [-0.15, -0.1) is 0 Å². The van der Waals surface area contributed by atoms with Crippen LogP contribution in [0.25, 0.3) is 0 Å².